The van der Waals surface area contributed by atoms with Gasteiger partial charge in [0.25, 0.3) is 5.91 Å². The van der Waals surface area contributed by atoms with E-state index in [1.165, 1.54) is 17.0 Å². The zero-order chi connectivity index (χ0) is 20.9. The smallest absolute Gasteiger partial charge is 0.338 e. The van der Waals surface area contributed by atoms with E-state index in [1.54, 1.807) is 4.90 Å². The molecule has 154 valence electrons. The second kappa shape index (κ2) is 9.23. The van der Waals surface area contributed by atoms with Crippen molar-refractivity contribution in [2.45, 2.75) is 20.0 Å². The normalized spacial score (nSPS) is 15.4. The number of piperazine rings is 1. The molecule has 2 amide bonds. The molecule has 0 N–H and O–H groups in total. The number of hydrogen-bond acceptors (Lipinski definition) is 3. The minimum atomic E-state index is -4.48. The molecule has 28 heavy (non-hydrogen) atoms. The van der Waals surface area contributed by atoms with Gasteiger partial charge in [0.1, 0.15) is 0 Å². The Morgan fingerprint density at radius 1 is 1.18 bits per heavy atom. The first-order valence-corrected chi connectivity index (χ1v) is 9.23. The van der Waals surface area contributed by atoms with E-state index < -0.39 is 17.6 Å². The fraction of sp³-hybridized carbons (Fsp3) is 0.500. The SMILES string of the molecule is C=C(C)CN(CC)C(=O)CN1CCN(C(=O)c2cccc(C(F)(F)F)c2)CC1. The van der Waals surface area contributed by atoms with Crippen LogP contribution < -0.4 is 0 Å². The summed E-state index contributed by atoms with van der Waals surface area (Å²) in [6.45, 7) is 10.7. The van der Waals surface area contributed by atoms with Gasteiger partial charge < -0.3 is 9.80 Å². The Morgan fingerprint density at radius 2 is 1.82 bits per heavy atom. The van der Waals surface area contributed by atoms with Crippen molar-refractivity contribution in [1.29, 1.82) is 0 Å². The predicted molar refractivity (Wildman–Crippen MR) is 101 cm³/mol. The number of likely N-dealkylation sites (N-methyl/N-ethyl adjacent to an activating group) is 1. The largest absolute Gasteiger partial charge is 0.416 e. The first-order chi connectivity index (χ1) is 13.1. The molecule has 0 radical (unpaired) electrons. The molecule has 5 nitrogen and oxygen atoms in total. The summed E-state index contributed by atoms with van der Waals surface area (Å²) in [6, 6.07) is 4.47. The Labute approximate surface area is 163 Å². The lowest BCUT2D eigenvalue weighted by Gasteiger charge is -2.35. The standard InChI is InChI=1S/C20H26F3N3O2/c1-4-25(13-15(2)3)18(27)14-24-8-10-26(11-9-24)19(28)16-6-5-7-17(12-16)20(21,22)23/h5-7,12H,2,4,8-11,13-14H2,1,3H3. The van der Waals surface area contributed by atoms with E-state index in [4.69, 9.17) is 0 Å². The van der Waals surface area contributed by atoms with Gasteiger partial charge in [-0.2, -0.15) is 13.2 Å². The van der Waals surface area contributed by atoms with Gasteiger partial charge in [0.2, 0.25) is 5.91 Å². The van der Waals surface area contributed by atoms with E-state index in [-0.39, 0.29) is 18.0 Å². The molecular weight excluding hydrogens is 371 g/mol. The maximum absolute atomic E-state index is 12.8. The lowest BCUT2D eigenvalue weighted by atomic mass is 10.1. The van der Waals surface area contributed by atoms with Crippen LogP contribution in [0.1, 0.15) is 29.8 Å². The van der Waals surface area contributed by atoms with Gasteiger partial charge in [-0.05, 0) is 32.0 Å². The first kappa shape index (κ1) is 21.9. The van der Waals surface area contributed by atoms with E-state index in [1.807, 2.05) is 18.7 Å². The number of carbonyl (C=O) groups excluding carboxylic acids is 2. The summed E-state index contributed by atoms with van der Waals surface area (Å²) in [5.74, 6) is -0.419. The molecule has 1 fully saturated rings. The van der Waals surface area contributed by atoms with Crippen LogP contribution in [-0.2, 0) is 11.0 Å². The Hall–Kier alpha value is -2.35. The maximum atomic E-state index is 12.8. The highest BCUT2D eigenvalue weighted by molar-refractivity contribution is 5.94. The molecule has 0 unspecified atom stereocenters. The van der Waals surface area contributed by atoms with Crippen LogP contribution in [0.5, 0.6) is 0 Å². The van der Waals surface area contributed by atoms with Crippen molar-refractivity contribution in [3.05, 3.63) is 47.5 Å². The average Bonchev–Trinajstić information content (AvgIpc) is 2.65. The summed E-state index contributed by atoms with van der Waals surface area (Å²) < 4.78 is 38.5. The maximum Gasteiger partial charge on any atom is 0.416 e. The van der Waals surface area contributed by atoms with E-state index in [0.29, 0.717) is 39.3 Å². The van der Waals surface area contributed by atoms with Crippen LogP contribution in [0.2, 0.25) is 0 Å². The third-order valence-corrected chi connectivity index (χ3v) is 4.65. The van der Waals surface area contributed by atoms with E-state index in [9.17, 15) is 22.8 Å². The number of carbonyl (C=O) groups is 2. The molecule has 0 bridgehead atoms. The molecule has 0 aromatic heterocycles. The molecule has 1 aromatic rings. The number of nitrogens with zero attached hydrogens (tertiary/aromatic N) is 3. The summed E-state index contributed by atoms with van der Waals surface area (Å²) >= 11 is 0. The fourth-order valence-corrected chi connectivity index (χ4v) is 3.11. The molecule has 0 saturated carbocycles. The molecule has 0 spiro atoms. The highest BCUT2D eigenvalue weighted by Crippen LogP contribution is 2.29. The van der Waals surface area contributed by atoms with Gasteiger partial charge in [-0.1, -0.05) is 18.2 Å². The van der Waals surface area contributed by atoms with Crippen molar-refractivity contribution in [1.82, 2.24) is 14.7 Å². The molecule has 2 rings (SSSR count). The van der Waals surface area contributed by atoms with Crippen LogP contribution in [0.25, 0.3) is 0 Å². The molecule has 1 aromatic carbocycles. The van der Waals surface area contributed by atoms with Crippen molar-refractivity contribution < 1.29 is 22.8 Å². The molecular formula is C20H26F3N3O2. The highest BCUT2D eigenvalue weighted by atomic mass is 19.4. The zero-order valence-corrected chi connectivity index (χ0v) is 16.3. The van der Waals surface area contributed by atoms with Crippen molar-refractivity contribution in [3.8, 4) is 0 Å². The molecule has 1 saturated heterocycles. The summed E-state index contributed by atoms with van der Waals surface area (Å²) in [7, 11) is 0. The first-order valence-electron chi connectivity index (χ1n) is 9.23. The summed E-state index contributed by atoms with van der Waals surface area (Å²) in [6.07, 6.45) is -4.48. The Bertz CT molecular complexity index is 726. The second-order valence-electron chi connectivity index (χ2n) is 7.01. The van der Waals surface area contributed by atoms with E-state index in [2.05, 4.69) is 6.58 Å². The van der Waals surface area contributed by atoms with Crippen LogP contribution in [0.4, 0.5) is 13.2 Å². The molecule has 0 aliphatic carbocycles. The molecule has 8 heteroatoms. The third-order valence-electron chi connectivity index (χ3n) is 4.65. The molecule has 1 aliphatic heterocycles. The number of rotatable bonds is 6. The minimum Gasteiger partial charge on any atom is -0.338 e. The Morgan fingerprint density at radius 3 is 2.36 bits per heavy atom. The van der Waals surface area contributed by atoms with Gasteiger partial charge in [-0.3, -0.25) is 14.5 Å². The van der Waals surface area contributed by atoms with Crippen LogP contribution in [-0.4, -0.2) is 72.3 Å². The summed E-state index contributed by atoms with van der Waals surface area (Å²) in [5.41, 5.74) is 0.101. The van der Waals surface area contributed by atoms with Gasteiger partial charge in [0.15, 0.2) is 0 Å². The quantitative estimate of drug-likeness (QED) is 0.694. The fourth-order valence-electron chi connectivity index (χ4n) is 3.11. The second-order valence-corrected chi connectivity index (χ2v) is 7.01. The van der Waals surface area contributed by atoms with Crippen LogP contribution in [0.15, 0.2) is 36.4 Å². The van der Waals surface area contributed by atoms with Crippen molar-refractivity contribution in [2.75, 3.05) is 45.8 Å². The van der Waals surface area contributed by atoms with Crippen molar-refractivity contribution >= 4 is 11.8 Å². The number of benzene rings is 1. The van der Waals surface area contributed by atoms with Gasteiger partial charge in [0.05, 0.1) is 12.1 Å². The summed E-state index contributed by atoms with van der Waals surface area (Å²) in [5, 5.41) is 0. The van der Waals surface area contributed by atoms with Crippen LogP contribution in [0, 0.1) is 0 Å². The molecule has 0 atom stereocenters. The number of halogens is 3. The lowest BCUT2D eigenvalue weighted by molar-refractivity contribution is -0.137. The minimum absolute atomic E-state index is 0.00292. The van der Waals surface area contributed by atoms with Gasteiger partial charge in [-0.15, -0.1) is 0 Å². The number of alkyl halides is 3. The third kappa shape index (κ3) is 5.82. The highest BCUT2D eigenvalue weighted by Gasteiger charge is 2.32. The van der Waals surface area contributed by atoms with E-state index in [0.717, 1.165) is 17.7 Å². The lowest BCUT2D eigenvalue weighted by Crippen LogP contribution is -2.51. The van der Waals surface area contributed by atoms with Crippen molar-refractivity contribution in [2.24, 2.45) is 0 Å². The Balaban J connectivity index is 1.92. The zero-order valence-electron chi connectivity index (χ0n) is 16.3. The van der Waals surface area contributed by atoms with Crippen LogP contribution >= 0.6 is 0 Å². The molecule has 1 aliphatic rings. The predicted octanol–water partition coefficient (Wildman–Crippen LogP) is 2.89. The monoisotopic (exact) mass is 397 g/mol. The summed E-state index contributed by atoms with van der Waals surface area (Å²) in [4.78, 5) is 30.2. The van der Waals surface area contributed by atoms with Crippen LogP contribution in [0.3, 0.4) is 0 Å². The van der Waals surface area contributed by atoms with Gasteiger partial charge in [-0.25, -0.2) is 0 Å². The van der Waals surface area contributed by atoms with Crippen molar-refractivity contribution in [3.63, 3.8) is 0 Å². The van der Waals surface area contributed by atoms with Gasteiger partial charge >= 0.3 is 6.18 Å². The average molecular weight is 397 g/mol. The van der Waals surface area contributed by atoms with Gasteiger partial charge in [0, 0.05) is 44.8 Å². The molecule has 1 heterocycles. The number of amides is 2. The van der Waals surface area contributed by atoms with E-state index >= 15 is 0 Å². The topological polar surface area (TPSA) is 43.9 Å². The number of hydrogen-bond donors (Lipinski definition) is 0. The Kier molecular flexibility index (Phi) is 7.23.